The van der Waals surface area contributed by atoms with E-state index in [1.165, 1.54) is 6.07 Å². The molecule has 2 nitrogen and oxygen atoms in total. The molecule has 0 saturated heterocycles. The molecule has 0 aromatic heterocycles. The number of ether oxygens (including phenoxy) is 1. The minimum Gasteiger partial charge on any atom is -0.452 e. The van der Waals surface area contributed by atoms with Gasteiger partial charge < -0.3 is 10.1 Å². The van der Waals surface area contributed by atoms with Crippen LogP contribution in [0.1, 0.15) is 18.9 Å². The van der Waals surface area contributed by atoms with Gasteiger partial charge in [0.2, 0.25) is 0 Å². The highest BCUT2D eigenvalue weighted by Crippen LogP contribution is 2.34. The van der Waals surface area contributed by atoms with E-state index < -0.39 is 5.82 Å². The summed E-state index contributed by atoms with van der Waals surface area (Å²) in [6, 6.07) is 10.2. The summed E-state index contributed by atoms with van der Waals surface area (Å²) in [5.74, 6) is 0.212. The Labute approximate surface area is 137 Å². The van der Waals surface area contributed by atoms with Gasteiger partial charge in [-0.15, -0.1) is 0 Å². The lowest BCUT2D eigenvalue weighted by molar-refractivity contribution is 0.435. The van der Waals surface area contributed by atoms with Crippen LogP contribution in [0.2, 0.25) is 5.02 Å². The fourth-order valence-corrected chi connectivity index (χ4v) is 2.44. The molecule has 0 unspecified atom stereocenters. The Morgan fingerprint density at radius 3 is 2.81 bits per heavy atom. The minimum absolute atomic E-state index is 0.156. The molecule has 2 aromatic carbocycles. The second kappa shape index (κ2) is 7.78. The highest BCUT2D eigenvalue weighted by atomic mass is 79.9. The van der Waals surface area contributed by atoms with E-state index in [9.17, 15) is 4.39 Å². The van der Waals surface area contributed by atoms with E-state index in [4.69, 9.17) is 16.3 Å². The summed E-state index contributed by atoms with van der Waals surface area (Å²) < 4.78 is 20.2. The van der Waals surface area contributed by atoms with E-state index in [1.54, 1.807) is 18.2 Å². The van der Waals surface area contributed by atoms with Gasteiger partial charge in [0.25, 0.3) is 0 Å². The smallest absolute Gasteiger partial charge is 0.166 e. The van der Waals surface area contributed by atoms with Crippen LogP contribution in [-0.4, -0.2) is 6.54 Å². The van der Waals surface area contributed by atoms with Gasteiger partial charge in [-0.25, -0.2) is 4.39 Å². The Kier molecular flexibility index (Phi) is 6.03. The Morgan fingerprint density at radius 2 is 2.10 bits per heavy atom. The van der Waals surface area contributed by atoms with Gasteiger partial charge in [-0.2, -0.15) is 0 Å². The van der Waals surface area contributed by atoms with Crippen LogP contribution in [0.5, 0.6) is 11.5 Å². The number of hydrogen-bond donors (Lipinski definition) is 1. The van der Waals surface area contributed by atoms with Gasteiger partial charge in [0, 0.05) is 16.6 Å². The summed E-state index contributed by atoms with van der Waals surface area (Å²) in [4.78, 5) is 0. The van der Waals surface area contributed by atoms with E-state index in [2.05, 4.69) is 28.2 Å². The second-order valence-corrected chi connectivity index (χ2v) is 5.90. The molecule has 0 heterocycles. The van der Waals surface area contributed by atoms with Crippen molar-refractivity contribution in [2.75, 3.05) is 6.54 Å². The first-order chi connectivity index (χ1) is 10.1. The van der Waals surface area contributed by atoms with Crippen molar-refractivity contribution in [2.24, 2.45) is 0 Å². The molecule has 0 aliphatic carbocycles. The molecule has 0 aliphatic rings. The zero-order chi connectivity index (χ0) is 15.2. The minimum atomic E-state index is -0.434. The van der Waals surface area contributed by atoms with Crippen molar-refractivity contribution in [1.82, 2.24) is 5.32 Å². The molecule has 0 aliphatic heterocycles. The third kappa shape index (κ3) is 4.43. The predicted octanol–water partition coefficient (Wildman–Crippen LogP) is 5.53. The molecular weight excluding hydrogens is 357 g/mol. The predicted molar refractivity (Wildman–Crippen MR) is 87.6 cm³/mol. The van der Waals surface area contributed by atoms with Crippen LogP contribution in [0.15, 0.2) is 40.9 Å². The summed E-state index contributed by atoms with van der Waals surface area (Å²) in [5, 5.41) is 3.75. The van der Waals surface area contributed by atoms with Crippen molar-refractivity contribution in [1.29, 1.82) is 0 Å². The van der Waals surface area contributed by atoms with E-state index in [0.717, 1.165) is 18.5 Å². The molecule has 0 amide bonds. The van der Waals surface area contributed by atoms with Crippen LogP contribution < -0.4 is 10.1 Å². The van der Waals surface area contributed by atoms with E-state index in [1.807, 2.05) is 12.1 Å². The van der Waals surface area contributed by atoms with E-state index in [0.29, 0.717) is 21.8 Å². The molecule has 0 atom stereocenters. The normalized spacial score (nSPS) is 10.7. The van der Waals surface area contributed by atoms with Crippen LogP contribution in [0.3, 0.4) is 0 Å². The third-order valence-corrected chi connectivity index (χ3v) is 3.69. The van der Waals surface area contributed by atoms with Gasteiger partial charge in [0.05, 0.1) is 5.02 Å². The lowest BCUT2D eigenvalue weighted by Crippen LogP contribution is -2.14. The molecule has 0 saturated carbocycles. The van der Waals surface area contributed by atoms with Gasteiger partial charge in [-0.1, -0.05) is 46.6 Å². The summed E-state index contributed by atoms with van der Waals surface area (Å²) >= 11 is 9.41. The average Bonchev–Trinajstić information content (AvgIpc) is 2.45. The molecule has 112 valence electrons. The van der Waals surface area contributed by atoms with Crippen LogP contribution in [-0.2, 0) is 6.54 Å². The summed E-state index contributed by atoms with van der Waals surface area (Å²) in [6.45, 7) is 3.63. The van der Waals surface area contributed by atoms with Crippen molar-refractivity contribution in [3.63, 3.8) is 0 Å². The van der Waals surface area contributed by atoms with Gasteiger partial charge in [-0.3, -0.25) is 0 Å². The van der Waals surface area contributed by atoms with Crippen molar-refractivity contribution in [2.45, 2.75) is 19.9 Å². The third-order valence-electron chi connectivity index (χ3n) is 2.90. The first kappa shape index (κ1) is 16.3. The topological polar surface area (TPSA) is 21.3 Å². The highest BCUT2D eigenvalue weighted by Gasteiger charge is 2.12. The molecule has 0 bridgehead atoms. The second-order valence-electron chi connectivity index (χ2n) is 4.58. The Morgan fingerprint density at radius 1 is 1.29 bits per heavy atom. The fraction of sp³-hybridized carbons (Fsp3) is 0.250. The van der Waals surface area contributed by atoms with Crippen LogP contribution >= 0.6 is 27.5 Å². The fourth-order valence-electron chi connectivity index (χ4n) is 1.87. The van der Waals surface area contributed by atoms with Gasteiger partial charge in [0.1, 0.15) is 0 Å². The number of para-hydroxylation sites is 1. The van der Waals surface area contributed by atoms with Crippen molar-refractivity contribution in [3.05, 3.63) is 57.3 Å². The SMILES string of the molecule is CCCNCc1cccc(Cl)c1Oc1ccc(Br)cc1F. The van der Waals surface area contributed by atoms with E-state index in [-0.39, 0.29) is 5.75 Å². The van der Waals surface area contributed by atoms with Crippen LogP contribution in [0.4, 0.5) is 4.39 Å². The number of hydrogen-bond acceptors (Lipinski definition) is 2. The van der Waals surface area contributed by atoms with Crippen LogP contribution in [0, 0.1) is 5.82 Å². The lowest BCUT2D eigenvalue weighted by atomic mass is 10.2. The lowest BCUT2D eigenvalue weighted by Gasteiger charge is -2.14. The molecule has 5 heteroatoms. The zero-order valence-corrected chi connectivity index (χ0v) is 14.0. The Hall–Kier alpha value is -1.10. The monoisotopic (exact) mass is 371 g/mol. The molecule has 21 heavy (non-hydrogen) atoms. The maximum atomic E-state index is 13.9. The summed E-state index contributed by atoms with van der Waals surface area (Å²) in [6.07, 6.45) is 1.04. The molecule has 1 N–H and O–H groups in total. The number of halogens is 3. The van der Waals surface area contributed by atoms with Crippen molar-refractivity contribution < 1.29 is 9.13 Å². The van der Waals surface area contributed by atoms with Gasteiger partial charge in [-0.05, 0) is 37.2 Å². The first-order valence-corrected chi connectivity index (χ1v) is 7.90. The Bertz CT molecular complexity index is 621. The largest absolute Gasteiger partial charge is 0.452 e. The molecule has 0 spiro atoms. The van der Waals surface area contributed by atoms with Crippen molar-refractivity contribution >= 4 is 27.5 Å². The van der Waals surface area contributed by atoms with Crippen molar-refractivity contribution in [3.8, 4) is 11.5 Å². The van der Waals surface area contributed by atoms with Crippen LogP contribution in [0.25, 0.3) is 0 Å². The molecule has 0 fully saturated rings. The summed E-state index contributed by atoms with van der Waals surface area (Å²) in [5.41, 5.74) is 0.901. The van der Waals surface area contributed by atoms with E-state index >= 15 is 0 Å². The quantitative estimate of drug-likeness (QED) is 0.673. The highest BCUT2D eigenvalue weighted by molar-refractivity contribution is 9.10. The number of benzene rings is 2. The Balaban J connectivity index is 2.25. The maximum absolute atomic E-state index is 13.9. The first-order valence-electron chi connectivity index (χ1n) is 6.73. The standard InChI is InChI=1S/C16H16BrClFNO/c1-2-8-20-10-11-4-3-5-13(18)16(11)21-15-7-6-12(17)9-14(15)19/h3-7,9,20H,2,8,10H2,1H3. The van der Waals surface area contributed by atoms with Gasteiger partial charge in [0.15, 0.2) is 17.3 Å². The molecule has 2 rings (SSSR count). The molecular formula is C16H16BrClFNO. The molecule has 2 aromatic rings. The average molecular weight is 373 g/mol. The molecule has 0 radical (unpaired) electrons. The number of rotatable bonds is 6. The maximum Gasteiger partial charge on any atom is 0.166 e. The number of nitrogens with one attached hydrogen (secondary N) is 1. The zero-order valence-electron chi connectivity index (χ0n) is 11.6. The van der Waals surface area contributed by atoms with Gasteiger partial charge >= 0.3 is 0 Å². The summed E-state index contributed by atoms with van der Waals surface area (Å²) in [7, 11) is 0.